The van der Waals surface area contributed by atoms with Gasteiger partial charge in [0.2, 0.25) is 5.91 Å². The Balaban J connectivity index is 1.59. The maximum Gasteiger partial charge on any atom is 0.227 e. The molecule has 4 heteroatoms. The van der Waals surface area contributed by atoms with Crippen LogP contribution in [0.15, 0.2) is 24.3 Å². The van der Waals surface area contributed by atoms with Gasteiger partial charge in [-0.3, -0.25) is 4.79 Å². The normalized spacial score (nSPS) is 26.2. The second-order valence-corrected chi connectivity index (χ2v) is 6.39. The molecule has 0 radical (unpaired) electrons. The highest BCUT2D eigenvalue weighted by Gasteiger charge is 2.33. The minimum absolute atomic E-state index is 0.176. The molecule has 2 heterocycles. The van der Waals surface area contributed by atoms with Crippen LogP contribution in [-0.4, -0.2) is 50.1 Å². The maximum absolute atomic E-state index is 12.6. The highest BCUT2D eigenvalue weighted by atomic mass is 16.2. The van der Waals surface area contributed by atoms with Crippen LogP contribution in [0.2, 0.25) is 0 Å². The number of rotatable bonds is 2. The summed E-state index contributed by atoms with van der Waals surface area (Å²) in [6.07, 6.45) is 0. The van der Waals surface area contributed by atoms with Crippen molar-refractivity contribution in [2.45, 2.75) is 13.8 Å². The minimum Gasteiger partial charge on any atom is -0.368 e. The molecule has 1 N–H and O–H groups in total. The number of aryl methyl sites for hydroxylation is 1. The van der Waals surface area contributed by atoms with E-state index in [4.69, 9.17) is 0 Å². The standard InChI is InChI=1S/C17H25N3O/c1-13-4-3-5-15(10-13)19-6-8-20(9-7-19)17(21)16-12-18-11-14(16)2/h3-5,10,14,16,18H,6-9,11-12H2,1-2H3. The molecule has 1 aromatic carbocycles. The topological polar surface area (TPSA) is 35.6 Å². The number of piperazine rings is 1. The van der Waals surface area contributed by atoms with Crippen molar-refractivity contribution in [2.75, 3.05) is 44.2 Å². The third-order valence-electron chi connectivity index (χ3n) is 4.79. The maximum atomic E-state index is 12.6. The summed E-state index contributed by atoms with van der Waals surface area (Å²) in [5, 5.41) is 3.33. The van der Waals surface area contributed by atoms with Gasteiger partial charge in [0.1, 0.15) is 0 Å². The number of carbonyl (C=O) groups excluding carboxylic acids is 1. The lowest BCUT2D eigenvalue weighted by Crippen LogP contribution is -2.51. The number of carbonyl (C=O) groups is 1. The predicted octanol–water partition coefficient (Wildman–Crippen LogP) is 1.50. The molecular formula is C17H25N3O. The molecule has 0 bridgehead atoms. The van der Waals surface area contributed by atoms with E-state index in [-0.39, 0.29) is 5.92 Å². The van der Waals surface area contributed by atoms with E-state index in [1.165, 1.54) is 11.3 Å². The van der Waals surface area contributed by atoms with Gasteiger partial charge in [0.05, 0.1) is 5.92 Å². The van der Waals surface area contributed by atoms with E-state index < -0.39 is 0 Å². The molecule has 1 amide bonds. The fraction of sp³-hybridized carbons (Fsp3) is 0.588. The summed E-state index contributed by atoms with van der Waals surface area (Å²) in [4.78, 5) is 17.0. The van der Waals surface area contributed by atoms with Crippen molar-refractivity contribution in [3.05, 3.63) is 29.8 Å². The summed E-state index contributed by atoms with van der Waals surface area (Å²) >= 11 is 0. The van der Waals surface area contributed by atoms with Gasteiger partial charge in [-0.1, -0.05) is 19.1 Å². The van der Waals surface area contributed by atoms with Crippen molar-refractivity contribution >= 4 is 11.6 Å². The molecule has 4 nitrogen and oxygen atoms in total. The van der Waals surface area contributed by atoms with Crippen LogP contribution in [0.4, 0.5) is 5.69 Å². The molecule has 2 unspecified atom stereocenters. The highest BCUT2D eigenvalue weighted by Crippen LogP contribution is 2.22. The van der Waals surface area contributed by atoms with Crippen molar-refractivity contribution in [1.82, 2.24) is 10.2 Å². The molecule has 2 aliphatic rings. The zero-order valence-corrected chi connectivity index (χ0v) is 13.0. The van der Waals surface area contributed by atoms with E-state index in [2.05, 4.69) is 53.2 Å². The van der Waals surface area contributed by atoms with Crippen molar-refractivity contribution in [2.24, 2.45) is 11.8 Å². The molecule has 114 valence electrons. The first-order valence-electron chi connectivity index (χ1n) is 7.96. The number of hydrogen-bond acceptors (Lipinski definition) is 3. The minimum atomic E-state index is 0.176. The van der Waals surface area contributed by atoms with Crippen LogP contribution in [0.5, 0.6) is 0 Å². The summed E-state index contributed by atoms with van der Waals surface area (Å²) in [6, 6.07) is 8.61. The van der Waals surface area contributed by atoms with E-state index in [0.29, 0.717) is 11.8 Å². The molecule has 2 aliphatic heterocycles. The smallest absolute Gasteiger partial charge is 0.227 e. The lowest BCUT2D eigenvalue weighted by atomic mass is 9.96. The SMILES string of the molecule is Cc1cccc(N2CCN(C(=O)C3CNCC3C)CC2)c1. The Labute approximate surface area is 127 Å². The Hall–Kier alpha value is -1.55. The van der Waals surface area contributed by atoms with E-state index in [9.17, 15) is 4.79 Å². The lowest BCUT2D eigenvalue weighted by molar-refractivity contribution is -0.136. The molecule has 21 heavy (non-hydrogen) atoms. The van der Waals surface area contributed by atoms with Gasteiger partial charge in [-0.05, 0) is 37.1 Å². The average Bonchev–Trinajstić information content (AvgIpc) is 2.93. The summed E-state index contributed by atoms with van der Waals surface area (Å²) in [6.45, 7) is 9.67. The monoisotopic (exact) mass is 287 g/mol. The first-order valence-corrected chi connectivity index (χ1v) is 7.96. The fourth-order valence-electron chi connectivity index (χ4n) is 3.38. The molecule has 0 aromatic heterocycles. The van der Waals surface area contributed by atoms with E-state index in [1.54, 1.807) is 0 Å². The van der Waals surface area contributed by atoms with Crippen LogP contribution >= 0.6 is 0 Å². The molecule has 0 aliphatic carbocycles. The number of amides is 1. The summed E-state index contributed by atoms with van der Waals surface area (Å²) in [7, 11) is 0. The van der Waals surface area contributed by atoms with Crippen molar-refractivity contribution < 1.29 is 4.79 Å². The number of benzene rings is 1. The Kier molecular flexibility index (Phi) is 4.15. The Morgan fingerprint density at radius 2 is 1.95 bits per heavy atom. The average molecular weight is 287 g/mol. The van der Waals surface area contributed by atoms with Gasteiger partial charge in [-0.2, -0.15) is 0 Å². The van der Waals surface area contributed by atoms with Crippen LogP contribution in [-0.2, 0) is 4.79 Å². The van der Waals surface area contributed by atoms with Crippen LogP contribution in [0.3, 0.4) is 0 Å². The lowest BCUT2D eigenvalue weighted by Gasteiger charge is -2.37. The van der Waals surface area contributed by atoms with E-state index in [1.807, 2.05) is 0 Å². The van der Waals surface area contributed by atoms with Gasteiger partial charge in [-0.15, -0.1) is 0 Å². The first-order chi connectivity index (χ1) is 10.1. The van der Waals surface area contributed by atoms with Crippen molar-refractivity contribution in [1.29, 1.82) is 0 Å². The molecular weight excluding hydrogens is 262 g/mol. The van der Waals surface area contributed by atoms with Crippen molar-refractivity contribution in [3.8, 4) is 0 Å². The van der Waals surface area contributed by atoms with Crippen LogP contribution < -0.4 is 10.2 Å². The van der Waals surface area contributed by atoms with Gasteiger partial charge < -0.3 is 15.1 Å². The van der Waals surface area contributed by atoms with Crippen molar-refractivity contribution in [3.63, 3.8) is 0 Å². The highest BCUT2D eigenvalue weighted by molar-refractivity contribution is 5.80. The molecule has 2 atom stereocenters. The fourth-order valence-corrected chi connectivity index (χ4v) is 3.38. The van der Waals surface area contributed by atoms with Gasteiger partial charge in [0, 0.05) is 38.4 Å². The number of anilines is 1. The Bertz CT molecular complexity index is 509. The Morgan fingerprint density at radius 3 is 2.57 bits per heavy atom. The van der Waals surface area contributed by atoms with Gasteiger partial charge in [-0.25, -0.2) is 0 Å². The predicted molar refractivity (Wildman–Crippen MR) is 85.5 cm³/mol. The third kappa shape index (κ3) is 3.05. The van der Waals surface area contributed by atoms with Gasteiger partial charge >= 0.3 is 0 Å². The molecule has 2 fully saturated rings. The number of nitrogens with zero attached hydrogens (tertiary/aromatic N) is 2. The number of hydrogen-bond donors (Lipinski definition) is 1. The van der Waals surface area contributed by atoms with Crippen LogP contribution in [0, 0.1) is 18.8 Å². The second kappa shape index (κ2) is 6.06. The summed E-state index contributed by atoms with van der Waals surface area (Å²) in [5.74, 6) is 0.985. The van der Waals surface area contributed by atoms with Crippen LogP contribution in [0.1, 0.15) is 12.5 Å². The molecule has 0 saturated carbocycles. The summed E-state index contributed by atoms with van der Waals surface area (Å²) in [5.41, 5.74) is 2.56. The molecule has 0 spiro atoms. The number of nitrogens with one attached hydrogen (secondary N) is 1. The first kappa shape index (κ1) is 14.4. The molecule has 1 aromatic rings. The second-order valence-electron chi connectivity index (χ2n) is 6.39. The molecule has 2 saturated heterocycles. The van der Waals surface area contributed by atoms with E-state index >= 15 is 0 Å². The quantitative estimate of drug-likeness (QED) is 0.895. The Morgan fingerprint density at radius 1 is 1.19 bits per heavy atom. The van der Waals surface area contributed by atoms with Crippen LogP contribution in [0.25, 0.3) is 0 Å². The summed E-state index contributed by atoms with van der Waals surface area (Å²) < 4.78 is 0. The molecule has 3 rings (SSSR count). The van der Waals surface area contributed by atoms with E-state index in [0.717, 1.165) is 39.3 Å². The third-order valence-corrected chi connectivity index (χ3v) is 4.79. The largest absolute Gasteiger partial charge is 0.368 e. The van der Waals surface area contributed by atoms with Gasteiger partial charge in [0.15, 0.2) is 0 Å². The van der Waals surface area contributed by atoms with Gasteiger partial charge in [0.25, 0.3) is 0 Å². The zero-order valence-electron chi connectivity index (χ0n) is 13.0. The zero-order chi connectivity index (χ0) is 14.8.